The van der Waals surface area contributed by atoms with Crippen LogP contribution in [-0.2, 0) is 4.74 Å². The number of nitrogen functional groups attached to an aromatic ring is 1. The highest BCUT2D eigenvalue weighted by Gasteiger charge is 2.06. The van der Waals surface area contributed by atoms with Gasteiger partial charge in [0.15, 0.2) is 0 Å². The predicted octanol–water partition coefficient (Wildman–Crippen LogP) is 2.45. The van der Waals surface area contributed by atoms with Gasteiger partial charge in [0.25, 0.3) is 0 Å². The number of hydrogen-bond acceptors (Lipinski definition) is 3. The van der Waals surface area contributed by atoms with Gasteiger partial charge in [-0.15, -0.1) is 0 Å². The third kappa shape index (κ3) is 3.20. The van der Waals surface area contributed by atoms with Gasteiger partial charge < -0.3 is 15.2 Å². The summed E-state index contributed by atoms with van der Waals surface area (Å²) in [6.45, 7) is 2.52. The van der Waals surface area contributed by atoms with Crippen molar-refractivity contribution in [3.63, 3.8) is 0 Å². The molecule has 0 aliphatic carbocycles. The number of nitrogens with two attached hydrogens (primary N) is 1. The van der Waals surface area contributed by atoms with Crippen molar-refractivity contribution in [2.24, 2.45) is 0 Å². The van der Waals surface area contributed by atoms with Crippen LogP contribution in [0.15, 0.2) is 22.7 Å². The van der Waals surface area contributed by atoms with Crippen LogP contribution in [0.1, 0.15) is 6.92 Å². The van der Waals surface area contributed by atoms with Crippen LogP contribution in [0.4, 0.5) is 5.69 Å². The van der Waals surface area contributed by atoms with Crippen molar-refractivity contribution < 1.29 is 9.47 Å². The molecule has 0 fully saturated rings. The molecule has 78 valence electrons. The first-order chi connectivity index (χ1) is 6.63. The van der Waals surface area contributed by atoms with E-state index in [0.29, 0.717) is 12.3 Å². The summed E-state index contributed by atoms with van der Waals surface area (Å²) in [6.07, 6.45) is 0.0277. The number of rotatable bonds is 4. The predicted molar refractivity (Wildman–Crippen MR) is 60.5 cm³/mol. The highest BCUT2D eigenvalue weighted by Crippen LogP contribution is 2.27. The van der Waals surface area contributed by atoms with E-state index in [-0.39, 0.29) is 6.10 Å². The molecular formula is C10H14BrNO2. The molecule has 3 nitrogen and oxygen atoms in total. The highest BCUT2D eigenvalue weighted by molar-refractivity contribution is 9.10. The average molecular weight is 260 g/mol. The van der Waals surface area contributed by atoms with E-state index >= 15 is 0 Å². The zero-order valence-corrected chi connectivity index (χ0v) is 9.87. The molecule has 0 bridgehead atoms. The molecule has 2 N–H and O–H groups in total. The van der Waals surface area contributed by atoms with Gasteiger partial charge in [0.1, 0.15) is 11.9 Å². The molecule has 1 unspecified atom stereocenters. The minimum Gasteiger partial charge on any atom is -0.487 e. The van der Waals surface area contributed by atoms with Crippen LogP contribution >= 0.6 is 15.9 Å². The summed E-state index contributed by atoms with van der Waals surface area (Å²) in [5.41, 5.74) is 6.32. The molecule has 0 aromatic heterocycles. The molecule has 0 radical (unpaired) electrons. The maximum atomic E-state index is 5.61. The van der Waals surface area contributed by atoms with Gasteiger partial charge >= 0.3 is 0 Å². The first kappa shape index (κ1) is 11.3. The maximum Gasteiger partial charge on any atom is 0.134 e. The van der Waals surface area contributed by atoms with Crippen molar-refractivity contribution in [1.82, 2.24) is 0 Å². The maximum absolute atomic E-state index is 5.61. The topological polar surface area (TPSA) is 44.5 Å². The fourth-order valence-corrected chi connectivity index (χ4v) is 1.59. The number of ether oxygens (including phenoxy) is 2. The second-order valence-corrected chi connectivity index (χ2v) is 3.93. The Bertz CT molecular complexity index is 304. The summed E-state index contributed by atoms with van der Waals surface area (Å²) >= 11 is 3.38. The van der Waals surface area contributed by atoms with Gasteiger partial charge in [-0.25, -0.2) is 0 Å². The third-order valence-electron chi connectivity index (χ3n) is 1.69. The molecule has 1 aromatic carbocycles. The smallest absolute Gasteiger partial charge is 0.134 e. The quantitative estimate of drug-likeness (QED) is 0.845. The normalized spacial score (nSPS) is 12.5. The fourth-order valence-electron chi connectivity index (χ4n) is 1.10. The van der Waals surface area contributed by atoms with Crippen LogP contribution in [0.2, 0.25) is 0 Å². The minimum absolute atomic E-state index is 0.0277. The summed E-state index contributed by atoms with van der Waals surface area (Å²) < 4.78 is 11.4. The van der Waals surface area contributed by atoms with Gasteiger partial charge in [-0.3, -0.25) is 0 Å². The summed E-state index contributed by atoms with van der Waals surface area (Å²) in [7, 11) is 1.65. The van der Waals surface area contributed by atoms with Crippen molar-refractivity contribution in [2.75, 3.05) is 19.5 Å². The first-order valence-electron chi connectivity index (χ1n) is 4.34. The van der Waals surface area contributed by atoms with Crippen LogP contribution in [0, 0.1) is 0 Å². The van der Waals surface area contributed by atoms with Gasteiger partial charge in [0.05, 0.1) is 11.1 Å². The fraction of sp³-hybridized carbons (Fsp3) is 0.400. The molecule has 0 spiro atoms. The highest BCUT2D eigenvalue weighted by atomic mass is 79.9. The number of halogens is 1. The summed E-state index contributed by atoms with van der Waals surface area (Å²) in [4.78, 5) is 0. The van der Waals surface area contributed by atoms with Gasteiger partial charge in [0, 0.05) is 12.8 Å². The molecule has 0 aliphatic rings. The Morgan fingerprint density at radius 1 is 1.50 bits per heavy atom. The van der Waals surface area contributed by atoms with E-state index in [9.17, 15) is 0 Å². The molecule has 0 aliphatic heterocycles. The van der Waals surface area contributed by atoms with Crippen LogP contribution in [-0.4, -0.2) is 19.8 Å². The Hall–Kier alpha value is -0.740. The lowest BCUT2D eigenvalue weighted by molar-refractivity contribution is 0.0916. The van der Waals surface area contributed by atoms with E-state index in [1.54, 1.807) is 13.2 Å². The molecule has 14 heavy (non-hydrogen) atoms. The number of anilines is 1. The van der Waals surface area contributed by atoms with Crippen molar-refractivity contribution in [2.45, 2.75) is 13.0 Å². The zero-order chi connectivity index (χ0) is 10.6. The largest absolute Gasteiger partial charge is 0.487 e. The van der Waals surface area contributed by atoms with E-state index in [4.69, 9.17) is 15.2 Å². The van der Waals surface area contributed by atoms with Gasteiger partial charge in [-0.2, -0.15) is 0 Å². The van der Waals surface area contributed by atoms with Crippen LogP contribution < -0.4 is 10.5 Å². The first-order valence-corrected chi connectivity index (χ1v) is 5.13. The second kappa shape index (κ2) is 5.22. The molecule has 0 saturated carbocycles. The van der Waals surface area contributed by atoms with Crippen LogP contribution in [0.3, 0.4) is 0 Å². The van der Waals surface area contributed by atoms with E-state index in [1.807, 2.05) is 19.1 Å². The molecule has 0 heterocycles. The van der Waals surface area contributed by atoms with E-state index in [1.165, 1.54) is 0 Å². The lowest BCUT2D eigenvalue weighted by Crippen LogP contribution is -2.18. The Morgan fingerprint density at radius 2 is 2.21 bits per heavy atom. The lowest BCUT2D eigenvalue weighted by atomic mass is 10.3. The monoisotopic (exact) mass is 259 g/mol. The van der Waals surface area contributed by atoms with E-state index < -0.39 is 0 Å². The molecule has 1 aromatic rings. The summed E-state index contributed by atoms with van der Waals surface area (Å²) in [6, 6.07) is 5.46. The van der Waals surface area contributed by atoms with Gasteiger partial charge in [0.2, 0.25) is 0 Å². The molecule has 4 heteroatoms. The van der Waals surface area contributed by atoms with Crippen molar-refractivity contribution in [3.8, 4) is 5.75 Å². The molecule has 1 atom stereocenters. The van der Waals surface area contributed by atoms with Gasteiger partial charge in [-0.1, -0.05) is 0 Å². The zero-order valence-electron chi connectivity index (χ0n) is 8.29. The standard InChI is InChI=1S/C10H14BrNO2/c1-7(6-13-2)14-10-4-3-8(12)5-9(10)11/h3-5,7H,6,12H2,1-2H3. The number of benzene rings is 1. The Kier molecular flexibility index (Phi) is 4.22. The van der Waals surface area contributed by atoms with E-state index in [0.717, 1.165) is 10.2 Å². The molecular weight excluding hydrogens is 246 g/mol. The summed E-state index contributed by atoms with van der Waals surface area (Å²) in [5.74, 6) is 0.781. The van der Waals surface area contributed by atoms with Gasteiger partial charge in [-0.05, 0) is 41.1 Å². The average Bonchev–Trinajstić information content (AvgIpc) is 2.10. The van der Waals surface area contributed by atoms with Crippen molar-refractivity contribution in [1.29, 1.82) is 0 Å². The lowest BCUT2D eigenvalue weighted by Gasteiger charge is -2.14. The Morgan fingerprint density at radius 3 is 2.79 bits per heavy atom. The number of methoxy groups -OCH3 is 1. The summed E-state index contributed by atoms with van der Waals surface area (Å²) in [5, 5.41) is 0. The molecule has 0 amide bonds. The molecule has 1 rings (SSSR count). The number of hydrogen-bond donors (Lipinski definition) is 1. The van der Waals surface area contributed by atoms with Crippen molar-refractivity contribution in [3.05, 3.63) is 22.7 Å². The second-order valence-electron chi connectivity index (χ2n) is 3.07. The Labute approximate surface area is 92.3 Å². The minimum atomic E-state index is 0.0277. The van der Waals surface area contributed by atoms with Crippen LogP contribution in [0.25, 0.3) is 0 Å². The SMILES string of the molecule is COCC(C)Oc1ccc(N)cc1Br. The Balaban J connectivity index is 2.67. The van der Waals surface area contributed by atoms with Crippen LogP contribution in [0.5, 0.6) is 5.75 Å². The van der Waals surface area contributed by atoms with E-state index in [2.05, 4.69) is 15.9 Å². The third-order valence-corrected chi connectivity index (χ3v) is 2.31. The van der Waals surface area contributed by atoms with Crippen molar-refractivity contribution >= 4 is 21.6 Å². The molecule has 0 saturated heterocycles.